The second-order valence-corrected chi connectivity index (χ2v) is 35.9. The van der Waals surface area contributed by atoms with Gasteiger partial charge in [-0.25, -0.2) is 4.79 Å². The number of ether oxygens (including phenoxy) is 3. The van der Waals surface area contributed by atoms with E-state index in [0.717, 1.165) is 28.3 Å². The zero-order chi connectivity index (χ0) is 44.9. The minimum Gasteiger partial charge on any atom is -0.462 e. The highest BCUT2D eigenvalue weighted by molar-refractivity contribution is 6.99. The summed E-state index contributed by atoms with van der Waals surface area (Å²) in [6.07, 6.45) is 8.90. The zero-order valence-electron chi connectivity index (χ0n) is 40.2. The van der Waals surface area contributed by atoms with Crippen molar-refractivity contribution in [2.75, 3.05) is 6.61 Å². The van der Waals surface area contributed by atoms with E-state index < -0.39 is 30.5 Å². The SMILES string of the molecule is Cc1cc(/C=C/C[C@H]2OC(C)(C)O[C@@H]2C(/C=C\C[C@H](C)O[Si](c2ccccc2)(c2ccccc2)C(C)(C)C)O[Si](C)(C)C(C)(C)C)c(C(=O)OCC[Si](C)(C)C)c(C)c1C. The summed E-state index contributed by atoms with van der Waals surface area (Å²) in [5.41, 5.74) is 4.73. The van der Waals surface area contributed by atoms with Gasteiger partial charge in [-0.1, -0.05) is 152 Å². The van der Waals surface area contributed by atoms with Gasteiger partial charge in [0.15, 0.2) is 14.1 Å². The summed E-state index contributed by atoms with van der Waals surface area (Å²) in [6, 6.07) is 24.7. The van der Waals surface area contributed by atoms with E-state index in [1.807, 2.05) is 20.8 Å². The molecule has 60 heavy (non-hydrogen) atoms. The van der Waals surface area contributed by atoms with Gasteiger partial charge in [-0.15, -0.1) is 0 Å². The lowest BCUT2D eigenvalue weighted by Gasteiger charge is -2.44. The van der Waals surface area contributed by atoms with E-state index in [9.17, 15) is 4.79 Å². The Balaban J connectivity index is 1.65. The average molecular weight is 871 g/mol. The van der Waals surface area contributed by atoms with Gasteiger partial charge in [-0.3, -0.25) is 0 Å². The Labute approximate surface area is 367 Å². The molecule has 1 aliphatic rings. The summed E-state index contributed by atoms with van der Waals surface area (Å²) in [5.74, 6) is -1.05. The van der Waals surface area contributed by atoms with Crippen LogP contribution in [0.1, 0.15) is 108 Å². The molecule has 3 aromatic carbocycles. The summed E-state index contributed by atoms with van der Waals surface area (Å²) in [6.45, 7) is 38.1. The summed E-state index contributed by atoms with van der Waals surface area (Å²) in [7, 11) is -6.34. The number of benzene rings is 3. The van der Waals surface area contributed by atoms with Gasteiger partial charge in [0.2, 0.25) is 0 Å². The molecule has 6 nitrogen and oxygen atoms in total. The van der Waals surface area contributed by atoms with Crippen LogP contribution in [-0.2, 0) is 23.1 Å². The second kappa shape index (κ2) is 19.7. The van der Waals surface area contributed by atoms with Crippen molar-refractivity contribution >= 4 is 47.1 Å². The Morgan fingerprint density at radius 1 is 0.800 bits per heavy atom. The minimum atomic E-state index is -2.73. The fourth-order valence-corrected chi connectivity index (χ4v) is 14.5. The van der Waals surface area contributed by atoms with Crippen molar-refractivity contribution in [1.82, 2.24) is 0 Å². The molecular weight excluding hydrogens is 793 g/mol. The molecule has 0 bridgehead atoms. The number of carbonyl (C=O) groups is 1. The van der Waals surface area contributed by atoms with Crippen molar-refractivity contribution < 1.29 is 27.9 Å². The van der Waals surface area contributed by atoms with E-state index in [-0.39, 0.29) is 40.5 Å². The molecule has 330 valence electrons. The van der Waals surface area contributed by atoms with Crippen LogP contribution < -0.4 is 10.4 Å². The smallest absolute Gasteiger partial charge is 0.339 e. The predicted molar refractivity (Wildman–Crippen MR) is 261 cm³/mol. The molecule has 1 heterocycles. The number of hydrogen-bond donors (Lipinski definition) is 0. The maximum atomic E-state index is 13.6. The van der Waals surface area contributed by atoms with Crippen LogP contribution in [0.25, 0.3) is 6.08 Å². The fourth-order valence-electron chi connectivity index (χ4n) is 7.87. The molecule has 0 aliphatic carbocycles. The van der Waals surface area contributed by atoms with Gasteiger partial charge in [0.1, 0.15) is 6.10 Å². The lowest BCUT2D eigenvalue weighted by Crippen LogP contribution is -2.67. The molecule has 0 aromatic heterocycles. The van der Waals surface area contributed by atoms with Gasteiger partial charge in [0, 0.05) is 14.2 Å². The molecular formula is C51H78O6Si3. The van der Waals surface area contributed by atoms with E-state index in [0.29, 0.717) is 25.0 Å². The molecule has 0 spiro atoms. The maximum absolute atomic E-state index is 13.6. The molecule has 0 saturated carbocycles. The van der Waals surface area contributed by atoms with Crippen LogP contribution in [0.4, 0.5) is 0 Å². The summed E-state index contributed by atoms with van der Waals surface area (Å²) in [4.78, 5) is 13.6. The number of aryl methyl sites for hydroxylation is 1. The molecule has 9 heteroatoms. The topological polar surface area (TPSA) is 63.2 Å². The lowest BCUT2D eigenvalue weighted by atomic mass is 9.93. The minimum absolute atomic E-state index is 0.00954. The van der Waals surface area contributed by atoms with Gasteiger partial charge in [-0.2, -0.15) is 0 Å². The van der Waals surface area contributed by atoms with Gasteiger partial charge in [0.25, 0.3) is 8.32 Å². The maximum Gasteiger partial charge on any atom is 0.339 e. The van der Waals surface area contributed by atoms with Gasteiger partial charge in [-0.05, 0) is 116 Å². The van der Waals surface area contributed by atoms with Crippen LogP contribution in [-0.4, -0.2) is 67.5 Å². The quantitative estimate of drug-likeness (QED) is 0.0765. The summed E-state index contributed by atoms with van der Waals surface area (Å²) < 4.78 is 34.0. The van der Waals surface area contributed by atoms with Crippen molar-refractivity contribution in [3.63, 3.8) is 0 Å². The molecule has 1 saturated heterocycles. The van der Waals surface area contributed by atoms with Crippen LogP contribution >= 0.6 is 0 Å². The predicted octanol–water partition coefficient (Wildman–Crippen LogP) is 12.3. The second-order valence-electron chi connectivity index (χ2n) is 21.2. The van der Waals surface area contributed by atoms with Crippen LogP contribution in [0.3, 0.4) is 0 Å². The molecule has 4 rings (SSSR count). The first-order chi connectivity index (χ1) is 27.7. The molecule has 1 fully saturated rings. The Bertz CT molecular complexity index is 1890. The van der Waals surface area contributed by atoms with Crippen molar-refractivity contribution in [3.8, 4) is 0 Å². The fraction of sp³-hybridized carbons (Fsp3) is 0.549. The Kier molecular flexibility index (Phi) is 16.3. The van der Waals surface area contributed by atoms with Gasteiger partial charge < -0.3 is 23.1 Å². The third kappa shape index (κ3) is 12.4. The van der Waals surface area contributed by atoms with E-state index in [2.05, 4.69) is 186 Å². The van der Waals surface area contributed by atoms with E-state index in [1.54, 1.807) is 0 Å². The number of rotatable bonds is 17. The average Bonchev–Trinajstić information content (AvgIpc) is 3.45. The molecule has 3 aromatic rings. The zero-order valence-corrected chi connectivity index (χ0v) is 43.2. The number of hydrogen-bond acceptors (Lipinski definition) is 6. The Morgan fingerprint density at radius 2 is 1.37 bits per heavy atom. The molecule has 4 atom stereocenters. The van der Waals surface area contributed by atoms with Crippen molar-refractivity contribution in [2.45, 2.75) is 175 Å². The highest BCUT2D eigenvalue weighted by Gasteiger charge is 2.51. The third-order valence-corrected chi connectivity index (χ3v) is 23.9. The highest BCUT2D eigenvalue weighted by Crippen LogP contribution is 2.41. The molecule has 0 N–H and O–H groups in total. The van der Waals surface area contributed by atoms with Crippen LogP contribution in [0.2, 0.25) is 48.9 Å². The number of carbonyl (C=O) groups excluding carboxylic acids is 1. The third-order valence-electron chi connectivity index (χ3n) is 12.5. The first-order valence-corrected chi connectivity index (χ1v) is 30.6. The van der Waals surface area contributed by atoms with Gasteiger partial charge >= 0.3 is 5.97 Å². The van der Waals surface area contributed by atoms with E-state index in [1.165, 1.54) is 10.4 Å². The van der Waals surface area contributed by atoms with Crippen LogP contribution in [0.5, 0.6) is 0 Å². The van der Waals surface area contributed by atoms with Crippen molar-refractivity contribution in [2.24, 2.45) is 0 Å². The van der Waals surface area contributed by atoms with Crippen LogP contribution in [0, 0.1) is 20.8 Å². The largest absolute Gasteiger partial charge is 0.462 e. The lowest BCUT2D eigenvalue weighted by molar-refractivity contribution is -0.151. The van der Waals surface area contributed by atoms with Crippen LogP contribution in [0.15, 0.2) is 85.0 Å². The van der Waals surface area contributed by atoms with E-state index >= 15 is 0 Å². The van der Waals surface area contributed by atoms with Crippen molar-refractivity contribution in [3.05, 3.63) is 113 Å². The number of esters is 1. The Hall–Kier alpha value is -2.90. The summed E-state index contributed by atoms with van der Waals surface area (Å²) >= 11 is 0. The highest BCUT2D eigenvalue weighted by atomic mass is 28.4. The standard InChI is InChI=1S/C51H78O6Si3/c1-37-36-41(46(40(4)39(37)3)48(52)53-34-35-58(13,14)15)27-25-32-44-47(55-51(11,12)54-44)45(57-59(16,17)49(5,6)7)33-24-26-38(2)56-60(50(8,9)10,42-28-20-18-21-29-42)43-30-22-19-23-31-43/h18-25,27-31,33,36,38,44-45,47H,26,32,34-35H2,1-17H3/b27-25+,33-24-/t38-,44+,45?,47-/m0/s1. The molecule has 1 unspecified atom stereocenters. The monoisotopic (exact) mass is 871 g/mol. The first kappa shape index (κ1) is 49.8. The normalized spacial score (nSPS) is 18.9. The molecule has 0 amide bonds. The van der Waals surface area contributed by atoms with E-state index in [4.69, 9.17) is 23.1 Å². The first-order valence-electron chi connectivity index (χ1n) is 22.1. The van der Waals surface area contributed by atoms with Gasteiger partial charge in [0.05, 0.1) is 24.4 Å². The molecule has 1 aliphatic heterocycles. The van der Waals surface area contributed by atoms with Crippen molar-refractivity contribution in [1.29, 1.82) is 0 Å². The molecule has 0 radical (unpaired) electrons. The summed E-state index contributed by atoms with van der Waals surface area (Å²) in [5, 5.41) is 2.42. The Morgan fingerprint density at radius 3 is 1.88 bits per heavy atom.